The number of nitrogens with one attached hydrogen (secondary N) is 1. The average molecular weight is 475 g/mol. The third-order valence-electron chi connectivity index (χ3n) is 5.52. The number of amides is 2. The highest BCUT2D eigenvalue weighted by Gasteiger charge is 2.29. The third kappa shape index (κ3) is 4.06. The van der Waals surface area contributed by atoms with E-state index < -0.39 is 17.9 Å². The lowest BCUT2D eigenvalue weighted by atomic mass is 9.96. The molecule has 0 fully saturated rings. The van der Waals surface area contributed by atoms with Gasteiger partial charge in [0.1, 0.15) is 11.6 Å². The summed E-state index contributed by atoms with van der Waals surface area (Å²) in [4.78, 5) is 39.0. The van der Waals surface area contributed by atoms with Crippen molar-refractivity contribution in [1.29, 1.82) is 0 Å². The van der Waals surface area contributed by atoms with Gasteiger partial charge < -0.3 is 19.4 Å². The molecule has 2 heterocycles. The lowest BCUT2D eigenvalue weighted by Crippen LogP contribution is -2.40. The fraction of sp³-hybridized carbons (Fsp3) is 0.261. The number of methoxy groups -OCH3 is 1. The van der Waals surface area contributed by atoms with E-state index in [0.717, 1.165) is 16.5 Å². The second kappa shape index (κ2) is 8.84. The first kappa shape index (κ1) is 22.2. The number of esters is 1. The molecule has 0 unspecified atom stereocenters. The lowest BCUT2D eigenvalue weighted by molar-refractivity contribution is -0.142. The van der Waals surface area contributed by atoms with Gasteiger partial charge in [-0.2, -0.15) is 0 Å². The van der Waals surface area contributed by atoms with Crippen molar-refractivity contribution in [3.8, 4) is 0 Å². The van der Waals surface area contributed by atoms with Gasteiger partial charge in [0.25, 0.3) is 11.8 Å². The summed E-state index contributed by atoms with van der Waals surface area (Å²) in [6.07, 6.45) is 2.05. The predicted molar refractivity (Wildman–Crippen MR) is 120 cm³/mol. The first-order valence-electron chi connectivity index (χ1n) is 9.95. The lowest BCUT2D eigenvalue weighted by Gasteiger charge is -2.30. The number of carbonyl (C=O) groups is 3. The molecule has 0 spiro atoms. The molecule has 1 aliphatic rings. The van der Waals surface area contributed by atoms with E-state index >= 15 is 0 Å². The smallest absolute Gasteiger partial charge is 0.328 e. The molecule has 0 saturated heterocycles. The quantitative estimate of drug-likeness (QED) is 0.571. The molecule has 1 aromatic heterocycles. The molecule has 1 aliphatic heterocycles. The van der Waals surface area contributed by atoms with Crippen LogP contribution in [0.5, 0.6) is 0 Å². The highest BCUT2D eigenvalue weighted by atomic mass is 35.5. The zero-order valence-electron chi connectivity index (χ0n) is 17.4. The molecule has 0 saturated carbocycles. The van der Waals surface area contributed by atoms with Crippen LogP contribution in [0.4, 0.5) is 0 Å². The fourth-order valence-corrected chi connectivity index (χ4v) is 4.57. The fourth-order valence-electron chi connectivity index (χ4n) is 3.81. The van der Waals surface area contributed by atoms with E-state index in [1.807, 2.05) is 12.1 Å². The van der Waals surface area contributed by atoms with Crippen molar-refractivity contribution in [2.75, 3.05) is 13.7 Å². The minimum Gasteiger partial charge on any atom is -0.467 e. The highest BCUT2D eigenvalue weighted by molar-refractivity contribution is 6.40. The number of benzene rings is 2. The number of ether oxygens (including phenoxy) is 1. The number of hydrogen-bond acceptors (Lipinski definition) is 5. The molecule has 7 nitrogen and oxygen atoms in total. The van der Waals surface area contributed by atoms with Crippen LogP contribution in [0.2, 0.25) is 10.0 Å². The van der Waals surface area contributed by atoms with E-state index in [9.17, 15) is 14.4 Å². The normalized spacial score (nSPS) is 14.1. The second-order valence-electron chi connectivity index (χ2n) is 7.55. The maximum absolute atomic E-state index is 13.0. The predicted octanol–water partition coefficient (Wildman–Crippen LogP) is 4.23. The average Bonchev–Trinajstić information content (AvgIpc) is 3.25. The number of halogens is 2. The summed E-state index contributed by atoms with van der Waals surface area (Å²) in [5.41, 5.74) is 2.82. The van der Waals surface area contributed by atoms with Crippen molar-refractivity contribution >= 4 is 52.0 Å². The molecule has 0 radical (unpaired) electrons. The van der Waals surface area contributed by atoms with Crippen LogP contribution in [0.1, 0.15) is 38.8 Å². The first-order valence-corrected chi connectivity index (χ1v) is 10.7. The van der Waals surface area contributed by atoms with Crippen LogP contribution >= 0.6 is 23.2 Å². The summed E-state index contributed by atoms with van der Waals surface area (Å²) in [6, 6.07) is 7.97. The van der Waals surface area contributed by atoms with Gasteiger partial charge in [-0.15, -0.1) is 0 Å². The molecule has 2 aromatic carbocycles. The molecular weight excluding hydrogens is 455 g/mol. The molecule has 1 N–H and O–H groups in total. The molecule has 2 amide bonds. The molecule has 9 heteroatoms. The molecule has 0 bridgehead atoms. The molecule has 3 aromatic rings. The van der Waals surface area contributed by atoms with Crippen LogP contribution < -0.4 is 5.32 Å². The second-order valence-corrected chi connectivity index (χ2v) is 8.34. The van der Waals surface area contributed by atoms with Gasteiger partial charge in [0, 0.05) is 24.0 Å². The van der Waals surface area contributed by atoms with Crippen LogP contribution in [0.3, 0.4) is 0 Å². The van der Waals surface area contributed by atoms with Crippen LogP contribution in [0.15, 0.2) is 41.0 Å². The maximum Gasteiger partial charge on any atom is 0.328 e. The number of nitrogens with zero attached hydrogens (tertiary/aromatic N) is 1. The zero-order valence-corrected chi connectivity index (χ0v) is 18.9. The number of rotatable bonds is 4. The summed E-state index contributed by atoms with van der Waals surface area (Å²) < 4.78 is 10.0. The summed E-state index contributed by atoms with van der Waals surface area (Å²) >= 11 is 12.9. The van der Waals surface area contributed by atoms with Crippen molar-refractivity contribution < 1.29 is 23.5 Å². The van der Waals surface area contributed by atoms with Gasteiger partial charge in [0.15, 0.2) is 0 Å². The Morgan fingerprint density at radius 1 is 1.19 bits per heavy atom. The van der Waals surface area contributed by atoms with Crippen LogP contribution in [-0.2, 0) is 22.5 Å². The number of furan rings is 1. The molecule has 0 aliphatic carbocycles. The summed E-state index contributed by atoms with van der Waals surface area (Å²) in [6.45, 7) is 2.25. The van der Waals surface area contributed by atoms with Crippen molar-refractivity contribution in [2.24, 2.45) is 0 Å². The Kier molecular flexibility index (Phi) is 6.13. The number of carbonyl (C=O) groups excluding carboxylic acids is 3. The van der Waals surface area contributed by atoms with E-state index in [0.29, 0.717) is 30.7 Å². The Hall–Kier alpha value is -3.03. The van der Waals surface area contributed by atoms with Gasteiger partial charge in [-0.1, -0.05) is 29.3 Å². The van der Waals surface area contributed by atoms with E-state index in [-0.39, 0.29) is 21.5 Å². The monoisotopic (exact) mass is 474 g/mol. The Bertz CT molecular complexity index is 1240. The Labute approximate surface area is 194 Å². The maximum atomic E-state index is 13.0. The number of hydrogen-bond donors (Lipinski definition) is 1. The van der Waals surface area contributed by atoms with Gasteiger partial charge in [0.05, 0.1) is 29.0 Å². The van der Waals surface area contributed by atoms with Gasteiger partial charge in [-0.25, -0.2) is 4.79 Å². The number of fused-ring (bicyclic) bond motifs is 2. The van der Waals surface area contributed by atoms with Crippen molar-refractivity contribution in [3.63, 3.8) is 0 Å². The van der Waals surface area contributed by atoms with Crippen LogP contribution in [-0.4, -0.2) is 42.4 Å². The van der Waals surface area contributed by atoms with Crippen molar-refractivity contribution in [2.45, 2.75) is 25.9 Å². The standard InChI is InChI=1S/C23H20Cl2N2O5/c1-12(23(30)31-2)26-21(28)19-17(24)9-15-11-27(7-5-16(15)20(19)25)22(29)14-4-3-13-6-8-32-18(13)10-14/h3-4,6,8-10,12H,5,7,11H2,1-2H3,(H,26,28)/t12-/m0/s1. The topological polar surface area (TPSA) is 88.9 Å². The summed E-state index contributed by atoms with van der Waals surface area (Å²) in [7, 11) is 1.24. The Balaban J connectivity index is 1.57. The largest absolute Gasteiger partial charge is 0.467 e. The Morgan fingerprint density at radius 2 is 1.97 bits per heavy atom. The van der Waals surface area contributed by atoms with E-state index in [2.05, 4.69) is 10.1 Å². The SMILES string of the molecule is COC(=O)[C@H](C)NC(=O)c1c(Cl)cc2c(c1Cl)CCN(C(=O)c1ccc3ccoc3c1)C2. The minimum atomic E-state index is -0.852. The van der Waals surface area contributed by atoms with Crippen molar-refractivity contribution in [3.05, 3.63) is 68.9 Å². The summed E-state index contributed by atoms with van der Waals surface area (Å²) in [5, 5.41) is 3.84. The molecular formula is C23H20Cl2N2O5. The van der Waals surface area contributed by atoms with Crippen LogP contribution in [0, 0.1) is 0 Å². The Morgan fingerprint density at radius 3 is 2.72 bits per heavy atom. The molecule has 4 rings (SSSR count). The van der Waals surface area contributed by atoms with Crippen LogP contribution in [0.25, 0.3) is 11.0 Å². The van der Waals surface area contributed by atoms with Gasteiger partial charge in [0.2, 0.25) is 0 Å². The first-order chi connectivity index (χ1) is 15.3. The van der Waals surface area contributed by atoms with E-state index in [1.54, 1.807) is 29.4 Å². The summed E-state index contributed by atoms with van der Waals surface area (Å²) in [5.74, 6) is -1.27. The van der Waals surface area contributed by atoms with E-state index in [4.69, 9.17) is 27.6 Å². The van der Waals surface area contributed by atoms with Gasteiger partial charge >= 0.3 is 5.97 Å². The van der Waals surface area contributed by atoms with Gasteiger partial charge in [-0.3, -0.25) is 9.59 Å². The molecule has 166 valence electrons. The minimum absolute atomic E-state index is 0.103. The molecule has 32 heavy (non-hydrogen) atoms. The van der Waals surface area contributed by atoms with Gasteiger partial charge in [-0.05, 0) is 48.7 Å². The third-order valence-corrected chi connectivity index (χ3v) is 6.24. The zero-order chi connectivity index (χ0) is 23.0. The molecule has 1 atom stereocenters. The van der Waals surface area contributed by atoms with Crippen molar-refractivity contribution in [1.82, 2.24) is 10.2 Å². The highest BCUT2D eigenvalue weighted by Crippen LogP contribution is 2.35. The van der Waals surface area contributed by atoms with E-state index in [1.165, 1.54) is 14.0 Å².